The Kier molecular flexibility index (Phi) is 6.00. The Morgan fingerprint density at radius 1 is 0.778 bits per heavy atom. The molecule has 4 heteroatoms. The fourth-order valence-electron chi connectivity index (χ4n) is 2.81. The lowest BCUT2D eigenvalue weighted by molar-refractivity contribution is -0.116. The number of anilines is 1. The van der Waals surface area contributed by atoms with Gasteiger partial charge in [-0.05, 0) is 42.3 Å². The molecular formula is C23H22N2O2. The van der Waals surface area contributed by atoms with E-state index in [9.17, 15) is 9.59 Å². The average molecular weight is 358 g/mol. The second-order valence-electron chi connectivity index (χ2n) is 6.44. The van der Waals surface area contributed by atoms with E-state index in [1.807, 2.05) is 79.7 Å². The van der Waals surface area contributed by atoms with E-state index in [4.69, 9.17) is 0 Å². The molecule has 0 bridgehead atoms. The Bertz CT molecular complexity index is 891. The minimum Gasteiger partial charge on any atom is -0.349 e. The van der Waals surface area contributed by atoms with E-state index in [-0.39, 0.29) is 24.3 Å². The largest absolute Gasteiger partial charge is 0.349 e. The van der Waals surface area contributed by atoms with Gasteiger partial charge in [-0.2, -0.15) is 0 Å². The highest BCUT2D eigenvalue weighted by atomic mass is 16.2. The third-order valence-corrected chi connectivity index (χ3v) is 4.18. The molecule has 4 nitrogen and oxygen atoms in total. The molecule has 0 heterocycles. The van der Waals surface area contributed by atoms with E-state index in [2.05, 4.69) is 10.6 Å². The lowest BCUT2D eigenvalue weighted by atomic mass is 10.1. The van der Waals surface area contributed by atoms with Crippen LogP contribution in [0.1, 0.15) is 23.7 Å². The standard InChI is InChI=1S/C23H22N2O2/c1-17(24-23(27)20-10-6-3-7-11-20)16-22(26)25-21-14-12-19(13-15-21)18-8-4-2-5-9-18/h2-15,17H,16H2,1H3,(H,24,27)(H,25,26). The lowest BCUT2D eigenvalue weighted by Crippen LogP contribution is -2.35. The van der Waals surface area contributed by atoms with Crippen LogP contribution >= 0.6 is 0 Å². The molecule has 0 aromatic heterocycles. The number of hydrogen-bond donors (Lipinski definition) is 2. The summed E-state index contributed by atoms with van der Waals surface area (Å²) in [7, 11) is 0. The Morgan fingerprint density at radius 2 is 1.33 bits per heavy atom. The third kappa shape index (κ3) is 5.28. The summed E-state index contributed by atoms with van der Waals surface area (Å²) in [4.78, 5) is 24.4. The highest BCUT2D eigenvalue weighted by molar-refractivity contribution is 5.95. The first-order valence-corrected chi connectivity index (χ1v) is 8.93. The number of rotatable bonds is 6. The molecule has 2 N–H and O–H groups in total. The van der Waals surface area contributed by atoms with Crippen molar-refractivity contribution in [2.75, 3.05) is 5.32 Å². The van der Waals surface area contributed by atoms with E-state index in [1.165, 1.54) is 0 Å². The fourth-order valence-corrected chi connectivity index (χ4v) is 2.81. The fraction of sp³-hybridized carbons (Fsp3) is 0.130. The van der Waals surface area contributed by atoms with Crippen LogP contribution in [0.4, 0.5) is 5.69 Å². The molecule has 27 heavy (non-hydrogen) atoms. The summed E-state index contributed by atoms with van der Waals surface area (Å²) in [5.74, 6) is -0.313. The van der Waals surface area contributed by atoms with Gasteiger partial charge in [0.05, 0.1) is 0 Å². The highest BCUT2D eigenvalue weighted by Crippen LogP contribution is 2.21. The molecular weight excluding hydrogens is 336 g/mol. The first-order chi connectivity index (χ1) is 13.1. The summed E-state index contributed by atoms with van der Waals surface area (Å²) >= 11 is 0. The molecule has 0 aliphatic rings. The Hall–Kier alpha value is -3.40. The summed E-state index contributed by atoms with van der Waals surface area (Å²) in [6.45, 7) is 1.82. The van der Waals surface area contributed by atoms with Gasteiger partial charge < -0.3 is 10.6 Å². The Morgan fingerprint density at radius 3 is 1.96 bits per heavy atom. The van der Waals surface area contributed by atoms with Crippen LogP contribution in [0, 0.1) is 0 Å². The van der Waals surface area contributed by atoms with Gasteiger partial charge in [0.2, 0.25) is 5.91 Å². The van der Waals surface area contributed by atoms with Crippen molar-refractivity contribution in [2.24, 2.45) is 0 Å². The van der Waals surface area contributed by atoms with E-state index in [0.29, 0.717) is 5.56 Å². The predicted octanol–water partition coefficient (Wildman–Crippen LogP) is 4.50. The van der Waals surface area contributed by atoms with Crippen LogP contribution in [0.3, 0.4) is 0 Å². The maximum absolute atomic E-state index is 12.2. The van der Waals surface area contributed by atoms with Crippen LogP contribution < -0.4 is 10.6 Å². The number of carbonyl (C=O) groups is 2. The Labute approximate surface area is 159 Å². The number of amides is 2. The van der Waals surface area contributed by atoms with Crippen LogP contribution in [0.5, 0.6) is 0 Å². The summed E-state index contributed by atoms with van der Waals surface area (Å²) in [5, 5.41) is 5.72. The maximum atomic E-state index is 12.2. The van der Waals surface area contributed by atoms with Gasteiger partial charge in [-0.3, -0.25) is 9.59 Å². The van der Waals surface area contributed by atoms with Gasteiger partial charge in [0, 0.05) is 23.7 Å². The number of nitrogens with one attached hydrogen (secondary N) is 2. The SMILES string of the molecule is CC(CC(=O)Nc1ccc(-c2ccccc2)cc1)NC(=O)c1ccccc1. The van der Waals surface area contributed by atoms with E-state index >= 15 is 0 Å². The van der Waals surface area contributed by atoms with Crippen LogP contribution in [0.25, 0.3) is 11.1 Å². The second-order valence-corrected chi connectivity index (χ2v) is 6.44. The normalized spacial score (nSPS) is 11.4. The number of hydrogen-bond acceptors (Lipinski definition) is 2. The topological polar surface area (TPSA) is 58.2 Å². The molecule has 1 unspecified atom stereocenters. The molecule has 0 saturated carbocycles. The van der Waals surface area contributed by atoms with Crippen LogP contribution in [-0.2, 0) is 4.79 Å². The van der Waals surface area contributed by atoms with Crippen molar-refractivity contribution in [3.63, 3.8) is 0 Å². The molecule has 0 saturated heterocycles. The van der Waals surface area contributed by atoms with Crippen molar-refractivity contribution in [1.29, 1.82) is 0 Å². The monoisotopic (exact) mass is 358 g/mol. The number of benzene rings is 3. The predicted molar refractivity (Wildman–Crippen MR) is 108 cm³/mol. The molecule has 0 spiro atoms. The van der Waals surface area contributed by atoms with Crippen molar-refractivity contribution in [3.8, 4) is 11.1 Å². The van der Waals surface area contributed by atoms with Gasteiger partial charge in [-0.1, -0.05) is 60.7 Å². The van der Waals surface area contributed by atoms with Gasteiger partial charge >= 0.3 is 0 Å². The molecule has 2 amide bonds. The van der Waals surface area contributed by atoms with Gasteiger partial charge in [0.1, 0.15) is 0 Å². The third-order valence-electron chi connectivity index (χ3n) is 4.18. The molecule has 0 aliphatic carbocycles. The van der Waals surface area contributed by atoms with Gasteiger partial charge in [-0.15, -0.1) is 0 Å². The molecule has 0 aliphatic heterocycles. The second kappa shape index (κ2) is 8.81. The summed E-state index contributed by atoms with van der Waals surface area (Å²) in [6, 6.07) is 26.5. The van der Waals surface area contributed by atoms with Crippen molar-refractivity contribution in [3.05, 3.63) is 90.5 Å². The molecule has 136 valence electrons. The summed E-state index contributed by atoms with van der Waals surface area (Å²) < 4.78 is 0. The Balaban J connectivity index is 1.52. The average Bonchev–Trinajstić information content (AvgIpc) is 2.69. The zero-order valence-corrected chi connectivity index (χ0v) is 15.2. The van der Waals surface area contributed by atoms with E-state index in [1.54, 1.807) is 12.1 Å². The zero-order chi connectivity index (χ0) is 19.1. The first kappa shape index (κ1) is 18.4. The molecule has 0 radical (unpaired) electrons. The lowest BCUT2D eigenvalue weighted by Gasteiger charge is -2.14. The van der Waals surface area contributed by atoms with Gasteiger partial charge in [0.25, 0.3) is 5.91 Å². The highest BCUT2D eigenvalue weighted by Gasteiger charge is 2.13. The van der Waals surface area contributed by atoms with Crippen LogP contribution in [-0.4, -0.2) is 17.9 Å². The van der Waals surface area contributed by atoms with Gasteiger partial charge in [0.15, 0.2) is 0 Å². The molecule has 3 aromatic rings. The van der Waals surface area contributed by atoms with E-state index < -0.39 is 0 Å². The maximum Gasteiger partial charge on any atom is 0.251 e. The molecule has 1 atom stereocenters. The van der Waals surface area contributed by atoms with Gasteiger partial charge in [-0.25, -0.2) is 0 Å². The zero-order valence-electron chi connectivity index (χ0n) is 15.2. The smallest absolute Gasteiger partial charge is 0.251 e. The quantitative estimate of drug-likeness (QED) is 0.681. The minimum absolute atomic E-state index is 0.136. The van der Waals surface area contributed by atoms with Crippen molar-refractivity contribution in [2.45, 2.75) is 19.4 Å². The summed E-state index contributed by atoms with van der Waals surface area (Å²) in [6.07, 6.45) is 0.207. The van der Waals surface area contributed by atoms with Crippen LogP contribution in [0.15, 0.2) is 84.9 Å². The van der Waals surface area contributed by atoms with Crippen molar-refractivity contribution in [1.82, 2.24) is 5.32 Å². The van der Waals surface area contributed by atoms with Crippen molar-refractivity contribution >= 4 is 17.5 Å². The minimum atomic E-state index is -0.263. The summed E-state index contributed by atoms with van der Waals surface area (Å²) in [5.41, 5.74) is 3.55. The molecule has 3 aromatic carbocycles. The van der Waals surface area contributed by atoms with Crippen LogP contribution in [0.2, 0.25) is 0 Å². The van der Waals surface area contributed by atoms with E-state index in [0.717, 1.165) is 16.8 Å². The van der Waals surface area contributed by atoms with Crippen molar-refractivity contribution < 1.29 is 9.59 Å². The number of carbonyl (C=O) groups excluding carboxylic acids is 2. The molecule has 0 fully saturated rings. The first-order valence-electron chi connectivity index (χ1n) is 8.93. The molecule has 3 rings (SSSR count).